The highest BCUT2D eigenvalue weighted by atomic mass is 16.6. The maximum Gasteiger partial charge on any atom is 0.363 e. The number of nitro groups is 1. The number of carbonyl (C=O) groups is 1. The van der Waals surface area contributed by atoms with Crippen LogP contribution in [-0.2, 0) is 13.1 Å². The van der Waals surface area contributed by atoms with E-state index in [1.807, 2.05) is 4.90 Å². The number of fused-ring (bicyclic) bond motifs is 1. The van der Waals surface area contributed by atoms with Crippen molar-refractivity contribution in [1.82, 2.24) is 4.98 Å². The van der Waals surface area contributed by atoms with Crippen LogP contribution in [-0.4, -0.2) is 21.0 Å². The van der Waals surface area contributed by atoms with Crippen molar-refractivity contribution >= 4 is 17.5 Å². The third-order valence-electron chi connectivity index (χ3n) is 3.46. The van der Waals surface area contributed by atoms with E-state index in [-0.39, 0.29) is 11.4 Å². The predicted molar refractivity (Wildman–Crippen MR) is 74.2 cm³/mol. The van der Waals surface area contributed by atoms with Gasteiger partial charge >= 0.3 is 11.8 Å². The summed E-state index contributed by atoms with van der Waals surface area (Å²) in [6.45, 7) is 1.20. The number of aromatic carboxylic acids is 1. The summed E-state index contributed by atoms with van der Waals surface area (Å²) >= 11 is 0. The van der Waals surface area contributed by atoms with E-state index >= 15 is 0 Å². The first kappa shape index (κ1) is 13.0. The summed E-state index contributed by atoms with van der Waals surface area (Å²) < 4.78 is 0. The van der Waals surface area contributed by atoms with E-state index in [9.17, 15) is 14.9 Å². The molecule has 2 heterocycles. The van der Waals surface area contributed by atoms with Gasteiger partial charge in [-0.05, 0) is 39.2 Å². The quantitative estimate of drug-likeness (QED) is 0.686. The molecule has 0 aliphatic carbocycles. The molecular weight excluding hydrogens is 274 g/mol. The fourth-order valence-corrected chi connectivity index (χ4v) is 2.38. The summed E-state index contributed by atoms with van der Waals surface area (Å²) in [6.07, 6.45) is 1.46. The SMILES string of the molecule is O=C(O)c1ccc2c(c1)CN(c1ccc([N+](=O)[O-])nc1)C2. The van der Waals surface area contributed by atoms with Crippen molar-refractivity contribution in [3.63, 3.8) is 0 Å². The standard InChI is InChI=1S/C14H11N3O4/c18-14(19)9-1-2-10-7-16(8-11(10)5-9)12-3-4-13(15-6-12)17(20)21/h1-6H,7-8H2,(H,18,19). The lowest BCUT2D eigenvalue weighted by Crippen LogP contribution is -2.14. The van der Waals surface area contributed by atoms with Crippen LogP contribution in [0, 0.1) is 10.1 Å². The van der Waals surface area contributed by atoms with Gasteiger partial charge in [0.2, 0.25) is 0 Å². The van der Waals surface area contributed by atoms with Crippen LogP contribution in [0.3, 0.4) is 0 Å². The van der Waals surface area contributed by atoms with Crippen LogP contribution in [0.1, 0.15) is 21.5 Å². The third kappa shape index (κ3) is 2.40. The fraction of sp³-hybridized carbons (Fsp3) is 0.143. The van der Waals surface area contributed by atoms with E-state index in [2.05, 4.69) is 4.98 Å². The Morgan fingerprint density at radius 2 is 2.00 bits per heavy atom. The second-order valence-corrected chi connectivity index (χ2v) is 4.78. The summed E-state index contributed by atoms with van der Waals surface area (Å²) in [5, 5.41) is 19.6. The van der Waals surface area contributed by atoms with Crippen molar-refractivity contribution in [2.75, 3.05) is 4.90 Å². The first-order valence-corrected chi connectivity index (χ1v) is 6.25. The number of anilines is 1. The molecule has 0 radical (unpaired) electrons. The number of carboxylic acids is 1. The van der Waals surface area contributed by atoms with E-state index in [0.717, 1.165) is 16.8 Å². The fourth-order valence-electron chi connectivity index (χ4n) is 2.38. The Bertz CT molecular complexity index is 727. The highest BCUT2D eigenvalue weighted by Crippen LogP contribution is 2.29. The molecule has 0 unspecified atom stereocenters. The van der Waals surface area contributed by atoms with Crippen molar-refractivity contribution in [3.05, 3.63) is 63.3 Å². The van der Waals surface area contributed by atoms with E-state index in [1.165, 1.54) is 12.3 Å². The number of benzene rings is 1. The monoisotopic (exact) mass is 285 g/mol. The Balaban J connectivity index is 1.84. The Labute approximate surface area is 119 Å². The molecule has 0 bridgehead atoms. The van der Waals surface area contributed by atoms with Crippen LogP contribution in [0.15, 0.2) is 36.5 Å². The highest BCUT2D eigenvalue weighted by molar-refractivity contribution is 5.88. The smallest absolute Gasteiger partial charge is 0.363 e. The molecule has 0 saturated carbocycles. The summed E-state index contributed by atoms with van der Waals surface area (Å²) in [5.74, 6) is -1.14. The first-order chi connectivity index (χ1) is 10.0. The molecular formula is C14H11N3O4. The third-order valence-corrected chi connectivity index (χ3v) is 3.46. The van der Waals surface area contributed by atoms with Crippen LogP contribution in [0.2, 0.25) is 0 Å². The average molecular weight is 285 g/mol. The van der Waals surface area contributed by atoms with Crippen LogP contribution >= 0.6 is 0 Å². The van der Waals surface area contributed by atoms with Gasteiger partial charge in [0, 0.05) is 19.2 Å². The summed E-state index contributed by atoms with van der Waals surface area (Å²) in [4.78, 5) is 26.8. The van der Waals surface area contributed by atoms with Crippen LogP contribution in [0.4, 0.5) is 11.5 Å². The molecule has 21 heavy (non-hydrogen) atoms. The molecule has 7 heteroatoms. The zero-order chi connectivity index (χ0) is 15.0. The molecule has 1 N–H and O–H groups in total. The lowest BCUT2D eigenvalue weighted by Gasteiger charge is -2.15. The zero-order valence-electron chi connectivity index (χ0n) is 10.9. The van der Waals surface area contributed by atoms with Crippen molar-refractivity contribution in [1.29, 1.82) is 0 Å². The van der Waals surface area contributed by atoms with Gasteiger partial charge in [0.25, 0.3) is 0 Å². The Morgan fingerprint density at radius 1 is 1.24 bits per heavy atom. The van der Waals surface area contributed by atoms with Gasteiger partial charge in [-0.15, -0.1) is 0 Å². The molecule has 0 atom stereocenters. The van der Waals surface area contributed by atoms with Crippen molar-refractivity contribution < 1.29 is 14.8 Å². The minimum atomic E-state index is -0.951. The second-order valence-electron chi connectivity index (χ2n) is 4.78. The van der Waals surface area contributed by atoms with Crippen LogP contribution in [0.25, 0.3) is 0 Å². The number of aromatic nitrogens is 1. The van der Waals surface area contributed by atoms with Gasteiger partial charge in [0.1, 0.15) is 0 Å². The molecule has 0 saturated heterocycles. The normalized spacial score (nSPS) is 13.0. The molecule has 0 fully saturated rings. The minimum Gasteiger partial charge on any atom is -0.478 e. The molecule has 1 aromatic heterocycles. The van der Waals surface area contributed by atoms with Gasteiger partial charge in [-0.2, -0.15) is 0 Å². The number of hydrogen-bond acceptors (Lipinski definition) is 5. The van der Waals surface area contributed by atoms with Gasteiger partial charge in [0.15, 0.2) is 6.20 Å². The molecule has 0 spiro atoms. The zero-order valence-corrected chi connectivity index (χ0v) is 10.9. The Morgan fingerprint density at radius 3 is 2.62 bits per heavy atom. The van der Waals surface area contributed by atoms with E-state index < -0.39 is 10.9 Å². The molecule has 1 aliphatic heterocycles. The summed E-state index contributed by atoms with van der Waals surface area (Å²) in [7, 11) is 0. The summed E-state index contributed by atoms with van der Waals surface area (Å²) in [5.41, 5.74) is 3.04. The lowest BCUT2D eigenvalue weighted by molar-refractivity contribution is -0.389. The molecule has 7 nitrogen and oxygen atoms in total. The maximum atomic E-state index is 11.0. The van der Waals surface area contributed by atoms with Gasteiger partial charge < -0.3 is 20.1 Å². The minimum absolute atomic E-state index is 0.191. The average Bonchev–Trinajstić information content (AvgIpc) is 2.90. The topological polar surface area (TPSA) is 96.6 Å². The lowest BCUT2D eigenvalue weighted by atomic mass is 10.1. The number of hydrogen-bond donors (Lipinski definition) is 1. The number of carboxylic acid groups (broad SMARTS) is 1. The van der Waals surface area contributed by atoms with E-state index in [4.69, 9.17) is 5.11 Å². The Kier molecular flexibility index (Phi) is 3.02. The first-order valence-electron chi connectivity index (χ1n) is 6.25. The largest absolute Gasteiger partial charge is 0.478 e. The highest BCUT2D eigenvalue weighted by Gasteiger charge is 2.22. The molecule has 3 rings (SSSR count). The molecule has 0 amide bonds. The van der Waals surface area contributed by atoms with Crippen molar-refractivity contribution in [2.24, 2.45) is 0 Å². The molecule has 1 aromatic carbocycles. The van der Waals surface area contributed by atoms with Gasteiger partial charge in [0.05, 0.1) is 11.3 Å². The molecule has 2 aromatic rings. The molecule has 1 aliphatic rings. The van der Waals surface area contributed by atoms with Crippen molar-refractivity contribution in [2.45, 2.75) is 13.1 Å². The van der Waals surface area contributed by atoms with Gasteiger partial charge in [-0.25, -0.2) is 4.79 Å². The van der Waals surface area contributed by atoms with Gasteiger partial charge in [-0.1, -0.05) is 6.07 Å². The van der Waals surface area contributed by atoms with Gasteiger partial charge in [-0.3, -0.25) is 0 Å². The Hall–Kier alpha value is -2.96. The number of pyridine rings is 1. The van der Waals surface area contributed by atoms with Crippen LogP contribution in [0.5, 0.6) is 0 Å². The van der Waals surface area contributed by atoms with E-state index in [0.29, 0.717) is 13.1 Å². The summed E-state index contributed by atoms with van der Waals surface area (Å²) in [6, 6.07) is 8.06. The second kappa shape index (κ2) is 4.86. The van der Waals surface area contributed by atoms with Crippen molar-refractivity contribution in [3.8, 4) is 0 Å². The maximum absolute atomic E-state index is 11.0. The van der Waals surface area contributed by atoms with E-state index in [1.54, 1.807) is 24.3 Å². The molecule has 106 valence electrons. The predicted octanol–water partition coefficient (Wildman–Crippen LogP) is 2.21. The number of rotatable bonds is 3. The van der Waals surface area contributed by atoms with Crippen LogP contribution < -0.4 is 4.90 Å². The number of nitrogens with zero attached hydrogens (tertiary/aromatic N) is 3.